The van der Waals surface area contributed by atoms with Crippen molar-refractivity contribution >= 4 is 28.5 Å². The number of carbonyl (C=O) groups is 3. The lowest BCUT2D eigenvalue weighted by Gasteiger charge is -2.21. The van der Waals surface area contributed by atoms with Crippen LogP contribution in [0.1, 0.15) is 27.9 Å². The van der Waals surface area contributed by atoms with E-state index >= 15 is 0 Å². The smallest absolute Gasteiger partial charge is 0.251 e. The molecule has 0 fully saturated rings. The minimum Gasteiger partial charge on any atom is -0.361 e. The van der Waals surface area contributed by atoms with E-state index in [0.29, 0.717) is 12.0 Å². The van der Waals surface area contributed by atoms with E-state index in [1.54, 1.807) is 24.3 Å². The third-order valence-corrected chi connectivity index (χ3v) is 6.31. The highest BCUT2D eigenvalue weighted by Gasteiger charge is 2.29. The number of hydrogen-bond acceptors (Lipinski definition) is 4. The Kier molecular flexibility index (Phi) is 8.45. The largest absolute Gasteiger partial charge is 0.361 e. The van der Waals surface area contributed by atoms with Crippen LogP contribution >= 0.6 is 0 Å². The molecule has 4 rings (SSSR count). The van der Waals surface area contributed by atoms with Gasteiger partial charge in [-0.3, -0.25) is 14.4 Å². The van der Waals surface area contributed by atoms with E-state index in [-0.39, 0.29) is 37.0 Å². The summed E-state index contributed by atoms with van der Waals surface area (Å²) in [6, 6.07) is 27.0. The molecule has 7 nitrogen and oxygen atoms in total. The summed E-state index contributed by atoms with van der Waals surface area (Å²) in [6.07, 6.45) is 2.39. The third-order valence-electron chi connectivity index (χ3n) is 6.31. The Morgan fingerprint density at radius 1 is 0.865 bits per heavy atom. The van der Waals surface area contributed by atoms with E-state index in [4.69, 9.17) is 5.26 Å². The van der Waals surface area contributed by atoms with Crippen LogP contribution in [0.2, 0.25) is 0 Å². The fourth-order valence-corrected chi connectivity index (χ4v) is 4.41. The summed E-state index contributed by atoms with van der Waals surface area (Å²) in [4.78, 5) is 42.8. The molecule has 1 aromatic heterocycles. The Bertz CT molecular complexity index is 1410. The Morgan fingerprint density at radius 2 is 1.54 bits per heavy atom. The summed E-state index contributed by atoms with van der Waals surface area (Å²) in [5.41, 5.74) is 3.20. The fourth-order valence-electron chi connectivity index (χ4n) is 4.41. The minimum absolute atomic E-state index is 0.0752. The number of hydrogen-bond donors (Lipinski definition) is 3. The average molecular weight is 493 g/mol. The van der Waals surface area contributed by atoms with Gasteiger partial charge in [-0.05, 0) is 35.7 Å². The van der Waals surface area contributed by atoms with E-state index in [9.17, 15) is 14.4 Å². The molecule has 0 spiro atoms. The molecule has 0 bridgehead atoms. The average Bonchev–Trinajstić information content (AvgIpc) is 3.34. The van der Waals surface area contributed by atoms with Gasteiger partial charge < -0.3 is 15.6 Å². The van der Waals surface area contributed by atoms with E-state index in [1.807, 2.05) is 72.9 Å². The number of Topliss-reactive ketones (excluding diaryl/α,β-unsaturated/α-hetero) is 1. The lowest BCUT2D eigenvalue weighted by atomic mass is 9.89. The number of nitrogens with zero attached hydrogens (tertiary/aromatic N) is 1. The molecule has 186 valence electrons. The molecule has 0 aliphatic rings. The lowest BCUT2D eigenvalue weighted by Crippen LogP contribution is -2.44. The number of ketones is 1. The summed E-state index contributed by atoms with van der Waals surface area (Å²) < 4.78 is 0. The molecule has 2 atom stereocenters. The zero-order chi connectivity index (χ0) is 26.0. The Balaban J connectivity index is 1.59. The molecule has 0 aliphatic heterocycles. The maximum Gasteiger partial charge on any atom is 0.251 e. The molecule has 0 saturated heterocycles. The monoisotopic (exact) mass is 492 g/mol. The molecule has 0 saturated carbocycles. The van der Waals surface area contributed by atoms with Crippen molar-refractivity contribution in [3.63, 3.8) is 0 Å². The maximum absolute atomic E-state index is 13.7. The van der Waals surface area contributed by atoms with Gasteiger partial charge in [0.25, 0.3) is 5.91 Å². The van der Waals surface area contributed by atoms with Crippen LogP contribution in [-0.2, 0) is 22.4 Å². The number of benzene rings is 3. The first kappa shape index (κ1) is 25.4. The van der Waals surface area contributed by atoms with Crippen LogP contribution in [0.5, 0.6) is 0 Å². The number of nitriles is 1. The SMILES string of the molecule is N#CCNC(=O)[C@H](CC(=O)[C@H](Cc1c[nH]c2ccccc12)NC(=O)c1ccccc1)Cc1ccccc1. The zero-order valence-corrected chi connectivity index (χ0v) is 20.3. The van der Waals surface area contributed by atoms with Crippen molar-refractivity contribution in [2.75, 3.05) is 6.54 Å². The molecular formula is C30H28N4O3. The summed E-state index contributed by atoms with van der Waals surface area (Å²) in [6.45, 7) is -0.137. The second-order valence-electron chi connectivity index (χ2n) is 8.89. The molecule has 0 radical (unpaired) electrons. The predicted molar refractivity (Wildman–Crippen MR) is 142 cm³/mol. The second-order valence-corrected chi connectivity index (χ2v) is 8.89. The minimum atomic E-state index is -0.839. The zero-order valence-electron chi connectivity index (χ0n) is 20.3. The van der Waals surface area contributed by atoms with Gasteiger partial charge in [-0.1, -0.05) is 66.7 Å². The van der Waals surface area contributed by atoms with Crippen molar-refractivity contribution in [1.82, 2.24) is 15.6 Å². The van der Waals surface area contributed by atoms with E-state index in [0.717, 1.165) is 22.0 Å². The number of amides is 2. The normalized spacial score (nSPS) is 12.3. The van der Waals surface area contributed by atoms with Crippen molar-refractivity contribution in [1.29, 1.82) is 5.26 Å². The van der Waals surface area contributed by atoms with Gasteiger partial charge in [-0.15, -0.1) is 0 Å². The van der Waals surface area contributed by atoms with E-state index in [2.05, 4.69) is 15.6 Å². The number of para-hydroxylation sites is 1. The number of aromatic amines is 1. The third kappa shape index (κ3) is 6.71. The van der Waals surface area contributed by atoms with Crippen LogP contribution in [0.25, 0.3) is 10.9 Å². The number of nitrogens with one attached hydrogen (secondary N) is 3. The Morgan fingerprint density at radius 3 is 2.27 bits per heavy atom. The van der Waals surface area contributed by atoms with Gasteiger partial charge in [0, 0.05) is 41.4 Å². The molecule has 3 aromatic carbocycles. The molecule has 0 unspecified atom stereocenters. The van der Waals surface area contributed by atoms with Crippen LogP contribution in [0.4, 0.5) is 0 Å². The van der Waals surface area contributed by atoms with Gasteiger partial charge in [-0.2, -0.15) is 5.26 Å². The van der Waals surface area contributed by atoms with Crippen LogP contribution in [-0.4, -0.2) is 35.2 Å². The van der Waals surface area contributed by atoms with Crippen LogP contribution in [0, 0.1) is 17.2 Å². The van der Waals surface area contributed by atoms with Gasteiger partial charge >= 0.3 is 0 Å². The van der Waals surface area contributed by atoms with Gasteiger partial charge in [0.05, 0.1) is 12.1 Å². The van der Waals surface area contributed by atoms with Crippen LogP contribution in [0.3, 0.4) is 0 Å². The molecule has 3 N–H and O–H groups in total. The van der Waals surface area contributed by atoms with E-state index < -0.39 is 12.0 Å². The quantitative estimate of drug-likeness (QED) is 0.275. The molecule has 2 amide bonds. The maximum atomic E-state index is 13.7. The van der Waals surface area contributed by atoms with Crippen molar-refractivity contribution in [2.24, 2.45) is 5.92 Å². The number of rotatable bonds is 11. The topological polar surface area (TPSA) is 115 Å². The number of H-pyrrole nitrogens is 1. The summed E-state index contributed by atoms with van der Waals surface area (Å²) in [5, 5.41) is 15.4. The van der Waals surface area contributed by atoms with E-state index in [1.165, 1.54) is 0 Å². The first-order valence-corrected chi connectivity index (χ1v) is 12.2. The Labute approximate surface area is 215 Å². The van der Waals surface area contributed by atoms with Gasteiger partial charge in [-0.25, -0.2) is 0 Å². The van der Waals surface area contributed by atoms with Crippen molar-refractivity contribution in [3.05, 3.63) is 108 Å². The molecular weight excluding hydrogens is 464 g/mol. The molecule has 7 heteroatoms. The first-order valence-electron chi connectivity index (χ1n) is 12.2. The molecule has 1 heterocycles. The van der Waals surface area contributed by atoms with Crippen LogP contribution < -0.4 is 10.6 Å². The number of carbonyl (C=O) groups excluding carboxylic acids is 3. The highest BCUT2D eigenvalue weighted by Crippen LogP contribution is 2.21. The standard InChI is InChI=1S/C30H28N4O3/c31-15-16-32-29(36)23(17-21-9-3-1-4-10-21)19-28(35)27(34-30(37)22-11-5-2-6-12-22)18-24-20-33-26-14-8-7-13-25(24)26/h1-14,20,23,27,33H,16-19H2,(H,32,36)(H,34,37)/t23-,27-/m0/s1. The molecule has 4 aromatic rings. The lowest BCUT2D eigenvalue weighted by molar-refractivity contribution is -0.130. The predicted octanol–water partition coefficient (Wildman–Crippen LogP) is 3.97. The molecule has 37 heavy (non-hydrogen) atoms. The molecule has 0 aliphatic carbocycles. The van der Waals surface area contributed by atoms with Crippen LogP contribution in [0.15, 0.2) is 91.1 Å². The number of aromatic nitrogens is 1. The summed E-state index contributed by atoms with van der Waals surface area (Å²) in [5.74, 6) is -1.64. The summed E-state index contributed by atoms with van der Waals surface area (Å²) >= 11 is 0. The fraction of sp³-hybridized carbons (Fsp3) is 0.200. The van der Waals surface area contributed by atoms with Crippen molar-refractivity contribution in [2.45, 2.75) is 25.3 Å². The van der Waals surface area contributed by atoms with Crippen molar-refractivity contribution < 1.29 is 14.4 Å². The van der Waals surface area contributed by atoms with Gasteiger partial charge in [0.2, 0.25) is 5.91 Å². The highest BCUT2D eigenvalue weighted by molar-refractivity contribution is 5.99. The van der Waals surface area contributed by atoms with Crippen molar-refractivity contribution in [3.8, 4) is 6.07 Å². The number of fused-ring (bicyclic) bond motifs is 1. The Hall–Kier alpha value is -4.70. The second kappa shape index (κ2) is 12.3. The summed E-state index contributed by atoms with van der Waals surface area (Å²) in [7, 11) is 0. The highest BCUT2D eigenvalue weighted by atomic mass is 16.2. The van der Waals surface area contributed by atoms with Gasteiger partial charge in [0.15, 0.2) is 5.78 Å². The van der Waals surface area contributed by atoms with Gasteiger partial charge in [0.1, 0.15) is 6.54 Å². The first-order chi connectivity index (χ1) is 18.0.